The van der Waals surface area contributed by atoms with E-state index >= 15 is 0 Å². The van der Waals surface area contributed by atoms with Gasteiger partial charge in [0.2, 0.25) is 5.78 Å². The number of esters is 2. The molecule has 2 saturated heterocycles. The predicted molar refractivity (Wildman–Crippen MR) is 93.7 cm³/mol. The van der Waals surface area contributed by atoms with Crippen molar-refractivity contribution in [1.29, 1.82) is 0 Å². The standard InChI is InChI=1S/C19H27NO7/c1-11-9-19(12(2)27-19)17(23)26-14-6-8-20(4)7-5-13(15(14)21)10-25-16(22)18(11,3)24/h5,11-12,14,24H,6-10H2,1-4H3/b13-5+/t11-,12+,14-,18-,19+/m1/s1. The molecule has 8 heteroatoms. The van der Waals surface area contributed by atoms with Gasteiger partial charge in [-0.05, 0) is 33.2 Å². The van der Waals surface area contributed by atoms with Gasteiger partial charge >= 0.3 is 11.9 Å². The van der Waals surface area contributed by atoms with Crippen molar-refractivity contribution in [1.82, 2.24) is 4.90 Å². The fourth-order valence-electron chi connectivity index (χ4n) is 3.54. The molecule has 0 amide bonds. The zero-order chi connectivity index (χ0) is 20.0. The van der Waals surface area contributed by atoms with Gasteiger partial charge in [0.05, 0.1) is 6.10 Å². The number of carbonyl (C=O) groups excluding carboxylic acids is 3. The van der Waals surface area contributed by atoms with Gasteiger partial charge in [-0.3, -0.25) is 4.79 Å². The lowest BCUT2D eigenvalue weighted by Gasteiger charge is -2.32. The number of aliphatic hydroxyl groups is 1. The third-order valence-electron chi connectivity index (χ3n) is 5.95. The normalized spacial score (nSPS) is 43.4. The van der Waals surface area contributed by atoms with E-state index in [-0.39, 0.29) is 24.4 Å². The summed E-state index contributed by atoms with van der Waals surface area (Å²) in [4.78, 5) is 40.2. The Balaban J connectivity index is 1.97. The van der Waals surface area contributed by atoms with Gasteiger partial charge in [0.15, 0.2) is 17.3 Å². The van der Waals surface area contributed by atoms with Gasteiger partial charge in [-0.15, -0.1) is 0 Å². The SMILES string of the molecule is C[C@@H]1C[C@@]2(O[C@H]2C)C(=O)O[C@@H]2CCN(C)C/C=C(\COC(=O)[C@]1(C)O)C2=O. The second-order valence-electron chi connectivity index (χ2n) is 8.02. The number of epoxide rings is 1. The van der Waals surface area contributed by atoms with Crippen LogP contribution in [0, 0.1) is 5.92 Å². The van der Waals surface area contributed by atoms with E-state index in [1.807, 2.05) is 11.9 Å². The molecular formula is C19H27NO7. The molecule has 3 rings (SSSR count). The molecule has 3 aliphatic heterocycles. The summed E-state index contributed by atoms with van der Waals surface area (Å²) in [7, 11) is 1.89. The van der Waals surface area contributed by atoms with Crippen LogP contribution in [0.3, 0.4) is 0 Å². The number of carbonyl (C=O) groups is 3. The van der Waals surface area contributed by atoms with Crippen LogP contribution in [0.5, 0.6) is 0 Å². The summed E-state index contributed by atoms with van der Waals surface area (Å²) in [6.07, 6.45) is 0.756. The molecule has 27 heavy (non-hydrogen) atoms. The third kappa shape index (κ3) is 3.66. The van der Waals surface area contributed by atoms with E-state index < -0.39 is 41.3 Å². The van der Waals surface area contributed by atoms with E-state index in [0.717, 1.165) is 0 Å². The molecule has 0 saturated carbocycles. The highest BCUT2D eigenvalue weighted by atomic mass is 16.7. The minimum Gasteiger partial charge on any atom is -0.459 e. The first-order chi connectivity index (χ1) is 12.6. The van der Waals surface area contributed by atoms with Gasteiger partial charge in [0, 0.05) is 25.1 Å². The van der Waals surface area contributed by atoms with E-state index in [9.17, 15) is 19.5 Å². The number of fused-ring (bicyclic) bond motifs is 2. The molecule has 0 unspecified atom stereocenters. The van der Waals surface area contributed by atoms with Crippen LogP contribution in [-0.2, 0) is 28.6 Å². The summed E-state index contributed by atoms with van der Waals surface area (Å²) in [5.74, 6) is -2.43. The van der Waals surface area contributed by atoms with Crippen LogP contribution in [-0.4, -0.2) is 77.9 Å². The Morgan fingerprint density at radius 3 is 2.52 bits per heavy atom. The molecule has 0 aliphatic carbocycles. The lowest BCUT2D eigenvalue weighted by molar-refractivity contribution is -0.173. The maximum Gasteiger partial charge on any atom is 0.341 e. The molecule has 2 fully saturated rings. The molecule has 0 aromatic rings. The average molecular weight is 381 g/mol. The number of ether oxygens (including phenoxy) is 3. The molecule has 1 spiro atoms. The number of likely N-dealkylation sites (N-methyl/N-ethyl adjacent to an activating group) is 1. The van der Waals surface area contributed by atoms with Crippen LogP contribution in [0.25, 0.3) is 0 Å². The molecule has 3 heterocycles. The van der Waals surface area contributed by atoms with Gasteiger partial charge in [-0.2, -0.15) is 0 Å². The van der Waals surface area contributed by atoms with Crippen LogP contribution in [0.4, 0.5) is 0 Å². The molecule has 1 N–H and O–H groups in total. The second kappa shape index (κ2) is 7.00. The van der Waals surface area contributed by atoms with Crippen LogP contribution >= 0.6 is 0 Å². The Hall–Kier alpha value is -1.77. The topological polar surface area (TPSA) is 106 Å². The van der Waals surface area contributed by atoms with Crippen LogP contribution in [0.2, 0.25) is 0 Å². The van der Waals surface area contributed by atoms with E-state index in [4.69, 9.17) is 14.2 Å². The quantitative estimate of drug-likeness (QED) is 0.469. The predicted octanol–water partition coefficient (Wildman–Crippen LogP) is 0.221. The Labute approximate surface area is 158 Å². The minimum atomic E-state index is -1.82. The van der Waals surface area contributed by atoms with E-state index in [1.165, 1.54) is 6.92 Å². The van der Waals surface area contributed by atoms with Crippen LogP contribution in [0.15, 0.2) is 11.6 Å². The Bertz CT molecular complexity index is 686. The maximum absolute atomic E-state index is 12.9. The fraction of sp³-hybridized carbons (Fsp3) is 0.737. The average Bonchev–Trinajstić information content (AvgIpc) is 3.26. The summed E-state index contributed by atoms with van der Waals surface area (Å²) in [5, 5.41) is 10.7. The van der Waals surface area contributed by atoms with Gasteiger partial charge in [-0.1, -0.05) is 13.0 Å². The van der Waals surface area contributed by atoms with E-state index in [1.54, 1.807) is 19.9 Å². The van der Waals surface area contributed by atoms with Crippen LogP contribution < -0.4 is 0 Å². The van der Waals surface area contributed by atoms with Crippen molar-refractivity contribution in [2.75, 3.05) is 26.7 Å². The molecule has 3 aliphatic rings. The number of rotatable bonds is 0. The Morgan fingerprint density at radius 2 is 1.89 bits per heavy atom. The van der Waals surface area contributed by atoms with Gasteiger partial charge in [0.1, 0.15) is 6.61 Å². The lowest BCUT2D eigenvalue weighted by Crippen LogP contribution is -2.48. The van der Waals surface area contributed by atoms with Gasteiger partial charge in [0.25, 0.3) is 0 Å². The Morgan fingerprint density at radius 1 is 1.22 bits per heavy atom. The molecular weight excluding hydrogens is 354 g/mol. The number of nitrogens with zero attached hydrogens (tertiary/aromatic N) is 1. The summed E-state index contributed by atoms with van der Waals surface area (Å²) in [6.45, 7) is 5.57. The van der Waals surface area contributed by atoms with Crippen molar-refractivity contribution in [3.8, 4) is 0 Å². The molecule has 8 nitrogen and oxygen atoms in total. The number of hydrogen-bond donors (Lipinski definition) is 1. The Kier molecular flexibility index (Phi) is 5.18. The van der Waals surface area contributed by atoms with Gasteiger partial charge in [-0.25, -0.2) is 9.59 Å². The minimum absolute atomic E-state index is 0.0958. The molecule has 5 atom stereocenters. The molecule has 0 aromatic heterocycles. The van der Waals surface area contributed by atoms with Crippen molar-refractivity contribution in [3.63, 3.8) is 0 Å². The van der Waals surface area contributed by atoms with Crippen molar-refractivity contribution in [3.05, 3.63) is 11.6 Å². The van der Waals surface area contributed by atoms with Crippen LogP contribution in [0.1, 0.15) is 33.6 Å². The molecule has 0 aromatic carbocycles. The number of cyclic esters (lactones) is 1. The highest BCUT2D eigenvalue weighted by molar-refractivity contribution is 6.01. The van der Waals surface area contributed by atoms with Crippen molar-refractivity contribution in [2.45, 2.75) is 57.0 Å². The zero-order valence-electron chi connectivity index (χ0n) is 16.2. The monoisotopic (exact) mass is 381 g/mol. The maximum atomic E-state index is 12.9. The van der Waals surface area contributed by atoms with E-state index in [0.29, 0.717) is 19.5 Å². The third-order valence-corrected chi connectivity index (χ3v) is 5.95. The highest BCUT2D eigenvalue weighted by Crippen LogP contribution is 2.45. The summed E-state index contributed by atoms with van der Waals surface area (Å²) >= 11 is 0. The number of ketones is 1. The van der Waals surface area contributed by atoms with Crippen molar-refractivity contribution < 1.29 is 33.7 Å². The second-order valence-corrected chi connectivity index (χ2v) is 8.02. The highest BCUT2D eigenvalue weighted by Gasteiger charge is 2.63. The first kappa shape index (κ1) is 20.0. The van der Waals surface area contributed by atoms with E-state index in [2.05, 4.69) is 0 Å². The molecule has 0 radical (unpaired) electrons. The molecule has 150 valence electrons. The molecule has 2 bridgehead atoms. The van der Waals surface area contributed by atoms with Gasteiger partial charge < -0.3 is 24.2 Å². The smallest absolute Gasteiger partial charge is 0.341 e. The summed E-state index contributed by atoms with van der Waals surface area (Å²) in [6, 6.07) is 0. The zero-order valence-corrected chi connectivity index (χ0v) is 16.2. The number of hydrogen-bond acceptors (Lipinski definition) is 8. The number of Topliss-reactive ketones (excluding diaryl/α,β-unsaturated/α-hetero) is 1. The summed E-state index contributed by atoms with van der Waals surface area (Å²) < 4.78 is 16.4. The summed E-state index contributed by atoms with van der Waals surface area (Å²) in [5.41, 5.74) is -2.81. The first-order valence-electron chi connectivity index (χ1n) is 9.28. The van der Waals surface area contributed by atoms with Crippen molar-refractivity contribution >= 4 is 17.7 Å². The lowest BCUT2D eigenvalue weighted by atomic mass is 9.82. The fourth-order valence-corrected chi connectivity index (χ4v) is 3.54. The van der Waals surface area contributed by atoms with Crippen molar-refractivity contribution in [2.24, 2.45) is 5.92 Å². The largest absolute Gasteiger partial charge is 0.459 e. The first-order valence-corrected chi connectivity index (χ1v) is 9.28.